The molecule has 1 aliphatic rings. The minimum Gasteiger partial charge on any atom is -0.323 e. The molecule has 2 N–H and O–H groups in total. The first-order valence-corrected chi connectivity index (χ1v) is 15.3. The lowest BCUT2D eigenvalue weighted by molar-refractivity contribution is 1.02. The van der Waals surface area contributed by atoms with E-state index in [1.807, 2.05) is 18.2 Å². The van der Waals surface area contributed by atoms with Crippen LogP contribution in [-0.2, 0) is 0 Å². The number of hydrogen-bond acceptors (Lipinski definition) is 2. The highest BCUT2D eigenvalue weighted by Gasteiger charge is 2.23. The van der Waals surface area contributed by atoms with Crippen molar-refractivity contribution >= 4 is 65.5 Å². The van der Waals surface area contributed by atoms with Crippen LogP contribution < -0.4 is 5.84 Å². The van der Waals surface area contributed by atoms with Crippen LogP contribution in [0.3, 0.4) is 0 Å². The highest BCUT2D eigenvalue weighted by Crippen LogP contribution is 2.47. The molecule has 1 aromatic heterocycles. The van der Waals surface area contributed by atoms with Gasteiger partial charge in [0.2, 0.25) is 0 Å². The van der Waals surface area contributed by atoms with E-state index in [0.29, 0.717) is 0 Å². The molecule has 0 unspecified atom stereocenters. The van der Waals surface area contributed by atoms with Crippen molar-refractivity contribution in [3.8, 4) is 11.1 Å². The zero-order valence-corrected chi connectivity index (χ0v) is 24.2. The Balaban J connectivity index is 1.39. The highest BCUT2D eigenvalue weighted by molar-refractivity contribution is 6.38. The van der Waals surface area contributed by atoms with E-state index in [2.05, 4.69) is 131 Å². The molecule has 0 amide bonds. The minimum absolute atomic E-state index is 0.783. The number of fused-ring (bicyclic) bond motifs is 5. The van der Waals surface area contributed by atoms with E-state index in [0.717, 1.165) is 40.8 Å². The molecule has 0 atom stereocenters. The van der Waals surface area contributed by atoms with Crippen LogP contribution >= 0.6 is 0 Å². The number of allylic oxidation sites excluding steroid dienone is 4. The zero-order chi connectivity index (χ0) is 29.2. The van der Waals surface area contributed by atoms with Gasteiger partial charge in [0, 0.05) is 33.0 Å². The predicted octanol–water partition coefficient (Wildman–Crippen LogP) is 10.3. The second-order valence-electron chi connectivity index (χ2n) is 11.7. The molecular formula is C41H29N3. The average Bonchev–Trinajstić information content (AvgIpc) is 3.45. The Hall–Kier alpha value is -5.67. The molecule has 3 heteroatoms. The lowest BCUT2D eigenvalue weighted by Crippen LogP contribution is -2.08. The van der Waals surface area contributed by atoms with Crippen molar-refractivity contribution in [2.45, 2.75) is 12.8 Å². The zero-order valence-electron chi connectivity index (χ0n) is 24.2. The number of benzene rings is 7. The summed E-state index contributed by atoms with van der Waals surface area (Å²) in [6.07, 6.45) is 9.13. The third-order valence-electron chi connectivity index (χ3n) is 9.28. The lowest BCUT2D eigenvalue weighted by Gasteiger charge is -2.15. The maximum Gasteiger partial charge on any atom is 0.0977 e. The maximum atomic E-state index is 6.03. The summed E-state index contributed by atoms with van der Waals surface area (Å²) >= 11 is 0. The van der Waals surface area contributed by atoms with Crippen LogP contribution in [0.15, 0.2) is 145 Å². The van der Waals surface area contributed by atoms with Gasteiger partial charge in [-0.05, 0) is 75.2 Å². The molecule has 9 rings (SSSR count). The average molecular weight is 564 g/mol. The number of hydrogen-bond donors (Lipinski definition) is 1. The summed E-state index contributed by atoms with van der Waals surface area (Å²) in [5.74, 6) is 6.03. The second-order valence-corrected chi connectivity index (χ2v) is 11.7. The van der Waals surface area contributed by atoms with Crippen LogP contribution in [0.2, 0.25) is 0 Å². The largest absolute Gasteiger partial charge is 0.323 e. The van der Waals surface area contributed by atoms with Crippen molar-refractivity contribution in [1.29, 1.82) is 0 Å². The lowest BCUT2D eigenvalue weighted by atomic mass is 9.88. The molecule has 1 aliphatic carbocycles. The second kappa shape index (κ2) is 9.68. The fourth-order valence-electron chi connectivity index (χ4n) is 7.40. The van der Waals surface area contributed by atoms with Gasteiger partial charge < -0.3 is 10.4 Å². The molecule has 0 saturated heterocycles. The number of rotatable bonds is 4. The first-order valence-electron chi connectivity index (χ1n) is 15.3. The standard InChI is InChI=1S/C41H29N3/c42-43-40(26-12-3-1-4-13-26)34-19-10-9-17-30(34)28-22-23-32-35(24-28)33-20-11-21-37-38(33)39-36(32)25-27-14-7-8-18-31(27)41(39)44(37)29-15-5-2-6-16-29/h1,3-5,7-25H,2,6,42H2/b43-40-. The maximum absolute atomic E-state index is 6.03. The molecule has 0 spiro atoms. The van der Waals surface area contributed by atoms with Crippen molar-refractivity contribution in [3.63, 3.8) is 0 Å². The molecule has 8 aromatic rings. The summed E-state index contributed by atoms with van der Waals surface area (Å²) in [4.78, 5) is 0. The van der Waals surface area contributed by atoms with E-state index >= 15 is 0 Å². The molecule has 3 nitrogen and oxygen atoms in total. The van der Waals surface area contributed by atoms with Gasteiger partial charge in [-0.2, -0.15) is 5.10 Å². The van der Waals surface area contributed by atoms with E-state index < -0.39 is 0 Å². The van der Waals surface area contributed by atoms with E-state index in [1.54, 1.807) is 0 Å². The topological polar surface area (TPSA) is 43.3 Å². The molecule has 1 heterocycles. The SMILES string of the molecule is N/N=C(/c1ccccc1)c1ccccc1-c1ccc2c(c1)c1cccc3c1c1c2cc2ccccc2c1n3C1=CCCC=C1. The Morgan fingerprint density at radius 3 is 2.32 bits per heavy atom. The van der Waals surface area contributed by atoms with Gasteiger partial charge in [0.25, 0.3) is 0 Å². The molecule has 0 saturated carbocycles. The summed E-state index contributed by atoms with van der Waals surface area (Å²) in [7, 11) is 0. The third kappa shape index (κ3) is 3.53. The first kappa shape index (κ1) is 24.9. The normalized spacial score (nSPS) is 14.0. The Kier molecular flexibility index (Phi) is 5.48. The fraction of sp³-hybridized carbons (Fsp3) is 0.0488. The molecule has 0 aliphatic heterocycles. The van der Waals surface area contributed by atoms with Gasteiger partial charge in [-0.15, -0.1) is 0 Å². The van der Waals surface area contributed by atoms with Crippen molar-refractivity contribution in [3.05, 3.63) is 151 Å². The summed E-state index contributed by atoms with van der Waals surface area (Å²) in [6, 6.07) is 43.6. The Bertz CT molecular complexity index is 2490. The highest BCUT2D eigenvalue weighted by atomic mass is 15.1. The molecule has 7 aromatic carbocycles. The fourth-order valence-corrected chi connectivity index (χ4v) is 7.40. The Labute approximate surface area is 255 Å². The Morgan fingerprint density at radius 1 is 0.636 bits per heavy atom. The van der Waals surface area contributed by atoms with Crippen LogP contribution in [0.5, 0.6) is 0 Å². The first-order chi connectivity index (χ1) is 21.8. The van der Waals surface area contributed by atoms with Gasteiger partial charge in [0.1, 0.15) is 0 Å². The summed E-state index contributed by atoms with van der Waals surface area (Å²) in [6.45, 7) is 0. The van der Waals surface area contributed by atoms with E-state index in [-0.39, 0.29) is 0 Å². The summed E-state index contributed by atoms with van der Waals surface area (Å²) < 4.78 is 2.50. The smallest absolute Gasteiger partial charge is 0.0977 e. The van der Waals surface area contributed by atoms with Crippen molar-refractivity contribution in [2.24, 2.45) is 10.9 Å². The number of nitrogens with two attached hydrogens (primary N) is 1. The van der Waals surface area contributed by atoms with Crippen molar-refractivity contribution in [2.75, 3.05) is 0 Å². The molecule has 0 fully saturated rings. The van der Waals surface area contributed by atoms with Gasteiger partial charge in [0.05, 0.1) is 16.7 Å². The molecule has 44 heavy (non-hydrogen) atoms. The number of hydrazone groups is 1. The van der Waals surface area contributed by atoms with E-state index in [1.165, 1.54) is 59.8 Å². The van der Waals surface area contributed by atoms with Gasteiger partial charge in [-0.25, -0.2) is 0 Å². The quantitative estimate of drug-likeness (QED) is 0.0748. The summed E-state index contributed by atoms with van der Waals surface area (Å²) in [5, 5.41) is 14.6. The number of nitrogens with zero attached hydrogens (tertiary/aromatic N) is 2. The molecule has 208 valence electrons. The van der Waals surface area contributed by atoms with Crippen LogP contribution in [-0.4, -0.2) is 10.3 Å². The van der Waals surface area contributed by atoms with Crippen molar-refractivity contribution < 1.29 is 0 Å². The van der Waals surface area contributed by atoms with Crippen LogP contribution in [0.4, 0.5) is 0 Å². The van der Waals surface area contributed by atoms with Crippen LogP contribution in [0, 0.1) is 0 Å². The van der Waals surface area contributed by atoms with Crippen LogP contribution in [0.25, 0.3) is 70.9 Å². The minimum atomic E-state index is 0.783. The summed E-state index contributed by atoms with van der Waals surface area (Å²) in [5.41, 5.74) is 8.87. The monoisotopic (exact) mass is 563 g/mol. The number of aromatic nitrogens is 1. The third-order valence-corrected chi connectivity index (χ3v) is 9.28. The van der Waals surface area contributed by atoms with Gasteiger partial charge in [-0.3, -0.25) is 0 Å². The van der Waals surface area contributed by atoms with Crippen molar-refractivity contribution in [1.82, 2.24) is 4.57 Å². The molecular weight excluding hydrogens is 534 g/mol. The van der Waals surface area contributed by atoms with Gasteiger partial charge in [0.15, 0.2) is 0 Å². The molecule has 0 radical (unpaired) electrons. The van der Waals surface area contributed by atoms with Crippen LogP contribution in [0.1, 0.15) is 24.0 Å². The Morgan fingerprint density at radius 2 is 1.45 bits per heavy atom. The molecule has 0 bridgehead atoms. The van der Waals surface area contributed by atoms with E-state index in [9.17, 15) is 0 Å². The van der Waals surface area contributed by atoms with Gasteiger partial charge >= 0.3 is 0 Å². The predicted molar refractivity (Wildman–Crippen MR) is 187 cm³/mol. The van der Waals surface area contributed by atoms with Gasteiger partial charge in [-0.1, -0.05) is 115 Å². The van der Waals surface area contributed by atoms with E-state index in [4.69, 9.17) is 5.84 Å².